The third kappa shape index (κ3) is 3.61. The first-order valence-electron chi connectivity index (χ1n) is 7.47. The fourth-order valence-corrected chi connectivity index (χ4v) is 2.75. The van der Waals surface area contributed by atoms with E-state index in [1.165, 1.54) is 0 Å². The van der Waals surface area contributed by atoms with Crippen molar-refractivity contribution in [1.82, 2.24) is 10.6 Å². The fourth-order valence-electron chi connectivity index (χ4n) is 2.65. The fraction of sp³-hybridized carbons (Fsp3) is 0.467. The number of hydrogen-bond donors (Lipinski definition) is 2. The lowest BCUT2D eigenvalue weighted by Crippen LogP contribution is -2.43. The van der Waals surface area contributed by atoms with Crippen molar-refractivity contribution in [2.45, 2.75) is 12.5 Å². The SMILES string of the molecule is O=C(NCCCl)N[C@H]1CC(=O)N(c2ccc3c(c2)OCCO3)C1. The van der Waals surface area contributed by atoms with Gasteiger partial charge in [-0.1, -0.05) is 0 Å². The van der Waals surface area contributed by atoms with E-state index in [-0.39, 0.29) is 24.4 Å². The molecule has 0 saturated carbocycles. The number of fused-ring (bicyclic) bond motifs is 1. The number of ether oxygens (including phenoxy) is 2. The Morgan fingerprint density at radius 1 is 1.30 bits per heavy atom. The summed E-state index contributed by atoms with van der Waals surface area (Å²) < 4.78 is 11.0. The van der Waals surface area contributed by atoms with E-state index in [2.05, 4.69) is 10.6 Å². The minimum Gasteiger partial charge on any atom is -0.486 e. The van der Waals surface area contributed by atoms with Gasteiger partial charge in [-0.2, -0.15) is 0 Å². The molecule has 0 aliphatic carbocycles. The smallest absolute Gasteiger partial charge is 0.315 e. The number of nitrogens with zero attached hydrogens (tertiary/aromatic N) is 1. The van der Waals surface area contributed by atoms with Crippen LogP contribution in [-0.4, -0.2) is 50.2 Å². The summed E-state index contributed by atoms with van der Waals surface area (Å²) in [6.45, 7) is 1.83. The zero-order valence-corrected chi connectivity index (χ0v) is 13.3. The average Bonchev–Trinajstić information content (AvgIpc) is 2.92. The van der Waals surface area contributed by atoms with Crippen LogP contribution in [0.4, 0.5) is 10.5 Å². The highest BCUT2D eigenvalue weighted by molar-refractivity contribution is 6.18. The van der Waals surface area contributed by atoms with Gasteiger partial charge in [-0.15, -0.1) is 11.6 Å². The zero-order valence-electron chi connectivity index (χ0n) is 12.5. The Balaban J connectivity index is 1.65. The topological polar surface area (TPSA) is 79.9 Å². The number of urea groups is 1. The maximum Gasteiger partial charge on any atom is 0.315 e. The van der Waals surface area contributed by atoms with Crippen LogP contribution in [0.3, 0.4) is 0 Å². The van der Waals surface area contributed by atoms with Crippen molar-refractivity contribution in [3.63, 3.8) is 0 Å². The molecule has 1 fully saturated rings. The molecule has 124 valence electrons. The molecule has 1 aromatic carbocycles. The second-order valence-electron chi connectivity index (χ2n) is 5.32. The molecule has 23 heavy (non-hydrogen) atoms. The van der Waals surface area contributed by atoms with Crippen molar-refractivity contribution in [1.29, 1.82) is 0 Å². The number of rotatable bonds is 4. The van der Waals surface area contributed by atoms with Crippen LogP contribution < -0.4 is 25.0 Å². The molecule has 3 amide bonds. The van der Waals surface area contributed by atoms with Crippen LogP contribution in [0.25, 0.3) is 0 Å². The first-order valence-corrected chi connectivity index (χ1v) is 8.01. The summed E-state index contributed by atoms with van der Waals surface area (Å²) in [7, 11) is 0. The molecule has 0 spiro atoms. The summed E-state index contributed by atoms with van der Waals surface area (Å²) in [5, 5.41) is 5.40. The second kappa shape index (κ2) is 6.95. The molecule has 2 aliphatic heterocycles. The van der Waals surface area contributed by atoms with Crippen molar-refractivity contribution in [2.75, 3.05) is 37.1 Å². The van der Waals surface area contributed by atoms with Gasteiger partial charge in [0.05, 0.1) is 6.04 Å². The Morgan fingerprint density at radius 3 is 2.87 bits per heavy atom. The number of benzene rings is 1. The standard InChI is InChI=1S/C15H18ClN3O4/c16-3-4-17-15(21)18-10-7-14(20)19(9-10)11-1-2-12-13(8-11)23-6-5-22-12/h1-2,8,10H,3-7,9H2,(H2,17,18,21)/t10-/m0/s1. The number of halogens is 1. The summed E-state index contributed by atoms with van der Waals surface area (Å²) in [5.74, 6) is 1.63. The van der Waals surface area contributed by atoms with Crippen molar-refractivity contribution < 1.29 is 19.1 Å². The lowest BCUT2D eigenvalue weighted by molar-refractivity contribution is -0.117. The lowest BCUT2D eigenvalue weighted by atomic mass is 10.2. The van der Waals surface area contributed by atoms with Crippen molar-refractivity contribution in [2.24, 2.45) is 0 Å². The molecule has 2 N–H and O–H groups in total. The van der Waals surface area contributed by atoms with Crippen LogP contribution in [0, 0.1) is 0 Å². The van der Waals surface area contributed by atoms with E-state index < -0.39 is 0 Å². The number of carbonyl (C=O) groups excluding carboxylic acids is 2. The number of amides is 3. The van der Waals surface area contributed by atoms with Crippen LogP contribution in [0.1, 0.15) is 6.42 Å². The van der Waals surface area contributed by atoms with E-state index in [9.17, 15) is 9.59 Å². The zero-order chi connectivity index (χ0) is 16.2. The van der Waals surface area contributed by atoms with Crippen LogP contribution in [0.2, 0.25) is 0 Å². The van der Waals surface area contributed by atoms with E-state index in [1.54, 1.807) is 17.0 Å². The first-order chi connectivity index (χ1) is 11.2. The molecular formula is C15H18ClN3O4. The van der Waals surface area contributed by atoms with Gasteiger partial charge in [0.25, 0.3) is 0 Å². The summed E-state index contributed by atoms with van der Waals surface area (Å²) in [5.41, 5.74) is 0.740. The van der Waals surface area contributed by atoms with Gasteiger partial charge in [-0.3, -0.25) is 4.79 Å². The van der Waals surface area contributed by atoms with Crippen LogP contribution in [0.5, 0.6) is 11.5 Å². The van der Waals surface area contributed by atoms with Gasteiger partial charge in [0.15, 0.2) is 11.5 Å². The number of carbonyl (C=O) groups is 2. The molecule has 2 heterocycles. The summed E-state index contributed by atoms with van der Waals surface area (Å²) in [6.07, 6.45) is 0.267. The van der Waals surface area contributed by atoms with Gasteiger partial charge in [-0.25, -0.2) is 4.79 Å². The highest BCUT2D eigenvalue weighted by atomic mass is 35.5. The average molecular weight is 340 g/mol. The Kier molecular flexibility index (Phi) is 4.76. The summed E-state index contributed by atoms with van der Waals surface area (Å²) in [6, 6.07) is 4.87. The molecule has 1 saturated heterocycles. The third-order valence-electron chi connectivity index (χ3n) is 3.68. The summed E-state index contributed by atoms with van der Waals surface area (Å²) in [4.78, 5) is 25.5. The second-order valence-corrected chi connectivity index (χ2v) is 5.70. The molecule has 8 heteroatoms. The predicted octanol–water partition coefficient (Wildman–Crippen LogP) is 1.10. The number of anilines is 1. The van der Waals surface area contributed by atoms with Crippen molar-refractivity contribution in [3.05, 3.63) is 18.2 Å². The minimum atomic E-state index is -0.313. The van der Waals surface area contributed by atoms with E-state index >= 15 is 0 Å². The van der Waals surface area contributed by atoms with E-state index in [0.717, 1.165) is 5.69 Å². The first kappa shape index (κ1) is 15.7. The molecule has 1 atom stereocenters. The largest absolute Gasteiger partial charge is 0.486 e. The van der Waals surface area contributed by atoms with Crippen molar-refractivity contribution in [3.8, 4) is 11.5 Å². The highest BCUT2D eigenvalue weighted by Gasteiger charge is 2.32. The Hall–Kier alpha value is -2.15. The maximum absolute atomic E-state index is 12.2. The van der Waals surface area contributed by atoms with Gasteiger partial charge in [0.1, 0.15) is 13.2 Å². The maximum atomic E-state index is 12.2. The van der Waals surface area contributed by atoms with Gasteiger partial charge >= 0.3 is 6.03 Å². The Labute approximate surface area is 138 Å². The monoisotopic (exact) mass is 339 g/mol. The molecule has 0 unspecified atom stereocenters. The molecule has 1 aromatic rings. The predicted molar refractivity (Wildman–Crippen MR) is 85.4 cm³/mol. The van der Waals surface area contributed by atoms with Crippen LogP contribution >= 0.6 is 11.6 Å². The molecule has 0 bridgehead atoms. The number of hydrogen-bond acceptors (Lipinski definition) is 4. The van der Waals surface area contributed by atoms with Gasteiger partial charge in [-0.05, 0) is 12.1 Å². The highest BCUT2D eigenvalue weighted by Crippen LogP contribution is 2.35. The van der Waals surface area contributed by atoms with Gasteiger partial charge < -0.3 is 25.0 Å². The van der Waals surface area contributed by atoms with Crippen LogP contribution in [0.15, 0.2) is 18.2 Å². The van der Waals surface area contributed by atoms with E-state index in [4.69, 9.17) is 21.1 Å². The van der Waals surface area contributed by atoms with E-state index in [1.807, 2.05) is 6.07 Å². The molecule has 2 aliphatic rings. The third-order valence-corrected chi connectivity index (χ3v) is 3.87. The Morgan fingerprint density at radius 2 is 2.09 bits per heavy atom. The Bertz CT molecular complexity index is 610. The quantitative estimate of drug-likeness (QED) is 0.805. The minimum absolute atomic E-state index is 0.0377. The van der Waals surface area contributed by atoms with Gasteiger partial charge in [0, 0.05) is 37.1 Å². The molecule has 0 aromatic heterocycles. The van der Waals surface area contributed by atoms with Crippen LogP contribution in [-0.2, 0) is 4.79 Å². The van der Waals surface area contributed by atoms with E-state index in [0.29, 0.717) is 43.7 Å². The molecule has 3 rings (SSSR count). The molecular weight excluding hydrogens is 322 g/mol. The molecule has 0 radical (unpaired) electrons. The number of nitrogens with one attached hydrogen (secondary N) is 2. The van der Waals surface area contributed by atoms with Gasteiger partial charge in [0.2, 0.25) is 5.91 Å². The lowest BCUT2D eigenvalue weighted by Gasteiger charge is -2.22. The normalized spacial score (nSPS) is 19.6. The summed E-state index contributed by atoms with van der Waals surface area (Å²) >= 11 is 5.52. The number of alkyl halides is 1. The molecule has 7 nitrogen and oxygen atoms in total. The van der Waals surface area contributed by atoms with Crippen molar-refractivity contribution >= 4 is 29.2 Å².